The molecule has 40 heavy (non-hydrogen) atoms. The minimum atomic E-state index is -4.13. The van der Waals surface area contributed by atoms with Gasteiger partial charge in [-0.1, -0.05) is 62.7 Å². The fourth-order valence-electron chi connectivity index (χ4n) is 4.43. The third-order valence-electron chi connectivity index (χ3n) is 6.73. The molecule has 0 saturated carbocycles. The Hall–Kier alpha value is -3.72. The molecule has 7 nitrogen and oxygen atoms in total. The Morgan fingerprint density at radius 3 is 2.25 bits per heavy atom. The molecule has 1 atom stereocenters. The number of carbonyl (C=O) groups is 2. The first-order valence-electron chi connectivity index (χ1n) is 13.5. The average Bonchev–Trinajstić information content (AvgIpc) is 2.94. The summed E-state index contributed by atoms with van der Waals surface area (Å²) in [7, 11) is -4.13. The Morgan fingerprint density at radius 1 is 0.950 bits per heavy atom. The number of sulfonamides is 1. The summed E-state index contributed by atoms with van der Waals surface area (Å²) in [6, 6.07) is 18.3. The van der Waals surface area contributed by atoms with E-state index in [4.69, 9.17) is 0 Å². The Balaban J connectivity index is 2.06. The second-order valence-electron chi connectivity index (χ2n) is 9.83. The third kappa shape index (κ3) is 7.69. The van der Waals surface area contributed by atoms with E-state index in [2.05, 4.69) is 5.32 Å². The van der Waals surface area contributed by atoms with E-state index < -0.39 is 34.3 Å². The number of carbonyl (C=O) groups excluding carboxylic acids is 2. The van der Waals surface area contributed by atoms with Crippen molar-refractivity contribution in [3.05, 3.63) is 95.3 Å². The van der Waals surface area contributed by atoms with Crippen LogP contribution in [0.5, 0.6) is 0 Å². The van der Waals surface area contributed by atoms with Gasteiger partial charge >= 0.3 is 0 Å². The SMILES string of the molecule is CCCCNC(=O)[C@@H](CC)N(Cc1ccc(F)cc1)C(=O)CN(c1cc(C)ccc1C)S(=O)(=O)c1ccccc1. The Kier molecular flexibility index (Phi) is 10.8. The number of nitrogens with zero attached hydrogens (tertiary/aromatic N) is 2. The molecular formula is C31H38FN3O4S. The minimum Gasteiger partial charge on any atom is -0.354 e. The van der Waals surface area contributed by atoms with Crippen molar-refractivity contribution in [2.75, 3.05) is 17.4 Å². The lowest BCUT2D eigenvalue weighted by Crippen LogP contribution is -2.52. The first kappa shape index (κ1) is 30.8. The fourth-order valence-corrected chi connectivity index (χ4v) is 5.92. The summed E-state index contributed by atoms with van der Waals surface area (Å²) in [5.41, 5.74) is 2.54. The zero-order valence-corrected chi connectivity index (χ0v) is 24.4. The summed E-state index contributed by atoms with van der Waals surface area (Å²) >= 11 is 0. The highest BCUT2D eigenvalue weighted by molar-refractivity contribution is 7.92. The number of unbranched alkanes of at least 4 members (excludes halogenated alkanes) is 1. The van der Waals surface area contributed by atoms with E-state index in [1.54, 1.807) is 50.2 Å². The molecule has 0 aromatic heterocycles. The largest absolute Gasteiger partial charge is 0.354 e. The molecule has 214 valence electrons. The number of hydrogen-bond donors (Lipinski definition) is 1. The van der Waals surface area contributed by atoms with Crippen molar-refractivity contribution in [3.63, 3.8) is 0 Å². The molecule has 0 aliphatic carbocycles. The Morgan fingerprint density at radius 2 is 1.62 bits per heavy atom. The van der Waals surface area contributed by atoms with Gasteiger partial charge in [0, 0.05) is 13.1 Å². The van der Waals surface area contributed by atoms with Crippen LogP contribution in [-0.2, 0) is 26.2 Å². The summed E-state index contributed by atoms with van der Waals surface area (Å²) in [5, 5.41) is 2.90. The van der Waals surface area contributed by atoms with E-state index in [9.17, 15) is 22.4 Å². The van der Waals surface area contributed by atoms with Crippen molar-refractivity contribution < 1.29 is 22.4 Å². The van der Waals surface area contributed by atoms with Crippen molar-refractivity contribution >= 4 is 27.5 Å². The molecule has 0 spiro atoms. The topological polar surface area (TPSA) is 86.8 Å². The first-order valence-corrected chi connectivity index (χ1v) is 15.0. The van der Waals surface area contributed by atoms with E-state index in [1.807, 2.05) is 26.0 Å². The van der Waals surface area contributed by atoms with Gasteiger partial charge in [0.05, 0.1) is 10.6 Å². The van der Waals surface area contributed by atoms with Crippen molar-refractivity contribution in [3.8, 4) is 0 Å². The van der Waals surface area contributed by atoms with Crippen molar-refractivity contribution in [1.82, 2.24) is 10.2 Å². The summed E-state index contributed by atoms with van der Waals surface area (Å²) in [6.45, 7) is 7.44. The predicted octanol–water partition coefficient (Wildman–Crippen LogP) is 5.36. The molecule has 1 N–H and O–H groups in total. The van der Waals surface area contributed by atoms with Crippen molar-refractivity contribution in [1.29, 1.82) is 0 Å². The number of nitrogens with one attached hydrogen (secondary N) is 1. The molecule has 3 rings (SSSR count). The molecule has 0 bridgehead atoms. The molecule has 0 aliphatic rings. The van der Waals surface area contributed by atoms with Gasteiger partial charge in [-0.15, -0.1) is 0 Å². The van der Waals surface area contributed by atoms with Crippen LogP contribution in [0.15, 0.2) is 77.7 Å². The molecule has 0 saturated heterocycles. The molecule has 3 aromatic carbocycles. The molecular weight excluding hydrogens is 529 g/mol. The van der Waals surface area contributed by atoms with Crippen LogP contribution in [0.3, 0.4) is 0 Å². The predicted molar refractivity (Wildman–Crippen MR) is 156 cm³/mol. The number of amides is 2. The Labute approximate surface area is 237 Å². The number of anilines is 1. The first-order chi connectivity index (χ1) is 19.1. The number of benzene rings is 3. The number of halogens is 1. The molecule has 0 fully saturated rings. The highest BCUT2D eigenvalue weighted by Gasteiger charge is 2.34. The van der Waals surface area contributed by atoms with Crippen LogP contribution >= 0.6 is 0 Å². The average molecular weight is 568 g/mol. The van der Waals surface area contributed by atoms with Gasteiger partial charge in [-0.25, -0.2) is 12.8 Å². The van der Waals surface area contributed by atoms with Crippen LogP contribution in [0.25, 0.3) is 0 Å². The van der Waals surface area contributed by atoms with Crippen LogP contribution in [0.4, 0.5) is 10.1 Å². The summed E-state index contributed by atoms with van der Waals surface area (Å²) in [4.78, 5) is 28.7. The summed E-state index contributed by atoms with van der Waals surface area (Å²) in [5.74, 6) is -1.26. The van der Waals surface area contributed by atoms with Gasteiger partial charge in [-0.2, -0.15) is 0 Å². The quantitative estimate of drug-likeness (QED) is 0.282. The molecule has 0 heterocycles. The fraction of sp³-hybridized carbons (Fsp3) is 0.355. The molecule has 2 amide bonds. The van der Waals surface area contributed by atoms with Gasteiger partial charge < -0.3 is 10.2 Å². The van der Waals surface area contributed by atoms with Crippen LogP contribution in [-0.4, -0.2) is 44.3 Å². The standard InChI is InChI=1S/C31H38FN3O4S/c1-5-7-19-33-31(37)28(6-2)34(21-25-15-17-26(32)18-16-25)30(36)22-35(29-20-23(3)13-14-24(29)4)40(38,39)27-11-9-8-10-12-27/h8-18,20,28H,5-7,19,21-22H2,1-4H3,(H,33,37)/t28-/m1/s1. The van der Waals surface area contributed by atoms with E-state index in [-0.39, 0.29) is 17.3 Å². The van der Waals surface area contributed by atoms with Gasteiger partial charge in [0.25, 0.3) is 10.0 Å². The lowest BCUT2D eigenvalue weighted by molar-refractivity contribution is -0.140. The van der Waals surface area contributed by atoms with Crippen molar-refractivity contribution in [2.24, 2.45) is 0 Å². The molecule has 3 aromatic rings. The normalized spacial score (nSPS) is 12.0. The second-order valence-corrected chi connectivity index (χ2v) is 11.7. The lowest BCUT2D eigenvalue weighted by atomic mass is 10.1. The Bertz CT molecular complexity index is 1400. The monoisotopic (exact) mass is 567 g/mol. The molecule has 0 unspecified atom stereocenters. The van der Waals surface area contributed by atoms with Crippen LogP contribution in [0, 0.1) is 19.7 Å². The van der Waals surface area contributed by atoms with Crippen LogP contribution in [0.1, 0.15) is 49.8 Å². The maximum absolute atomic E-state index is 14.1. The van der Waals surface area contributed by atoms with E-state index in [1.165, 1.54) is 29.2 Å². The van der Waals surface area contributed by atoms with Gasteiger partial charge in [-0.05, 0) is 73.7 Å². The maximum atomic E-state index is 14.1. The number of rotatable bonds is 13. The molecule has 0 radical (unpaired) electrons. The summed E-state index contributed by atoms with van der Waals surface area (Å²) < 4.78 is 42.6. The zero-order chi connectivity index (χ0) is 29.3. The van der Waals surface area contributed by atoms with Crippen molar-refractivity contribution in [2.45, 2.75) is 64.4 Å². The molecule has 9 heteroatoms. The number of hydrogen-bond acceptors (Lipinski definition) is 4. The van der Waals surface area contributed by atoms with Gasteiger partial charge in [0.2, 0.25) is 11.8 Å². The maximum Gasteiger partial charge on any atom is 0.264 e. The van der Waals surface area contributed by atoms with Crippen LogP contribution < -0.4 is 9.62 Å². The summed E-state index contributed by atoms with van der Waals surface area (Å²) in [6.07, 6.45) is 2.01. The van der Waals surface area contributed by atoms with Gasteiger partial charge in [0.15, 0.2) is 0 Å². The van der Waals surface area contributed by atoms with Gasteiger partial charge in [-0.3, -0.25) is 13.9 Å². The van der Waals surface area contributed by atoms with Crippen LogP contribution in [0.2, 0.25) is 0 Å². The number of aryl methyl sites for hydroxylation is 2. The third-order valence-corrected chi connectivity index (χ3v) is 8.50. The highest BCUT2D eigenvalue weighted by Crippen LogP contribution is 2.28. The highest BCUT2D eigenvalue weighted by atomic mass is 32.2. The van der Waals surface area contributed by atoms with E-state index in [0.717, 1.165) is 22.7 Å². The van der Waals surface area contributed by atoms with E-state index in [0.29, 0.717) is 29.8 Å². The smallest absolute Gasteiger partial charge is 0.264 e. The van der Waals surface area contributed by atoms with E-state index >= 15 is 0 Å². The lowest BCUT2D eigenvalue weighted by Gasteiger charge is -2.33. The molecule has 0 aliphatic heterocycles. The second kappa shape index (κ2) is 14.1. The minimum absolute atomic E-state index is 0.0187. The van der Waals surface area contributed by atoms with Gasteiger partial charge in [0.1, 0.15) is 18.4 Å². The zero-order valence-electron chi connectivity index (χ0n) is 23.6.